The quantitative estimate of drug-likeness (QED) is 0.923. The lowest BCUT2D eigenvalue weighted by atomic mass is 9.95. The molecule has 0 unspecified atom stereocenters. The second-order valence-corrected chi connectivity index (χ2v) is 6.61. The SMILES string of the molecule is O=C(NCCN1CCC(c2cccs2)CC1)c1cccnc1. The highest BCUT2D eigenvalue weighted by Gasteiger charge is 2.20. The first kappa shape index (κ1) is 15.2. The van der Waals surface area contributed by atoms with E-state index >= 15 is 0 Å². The molecule has 1 N–H and O–H groups in total. The fourth-order valence-corrected chi connectivity index (χ4v) is 3.79. The van der Waals surface area contributed by atoms with Gasteiger partial charge in [0.1, 0.15) is 0 Å². The Labute approximate surface area is 135 Å². The molecular formula is C17H21N3OS. The van der Waals surface area contributed by atoms with Gasteiger partial charge in [-0.3, -0.25) is 9.78 Å². The molecule has 0 bridgehead atoms. The van der Waals surface area contributed by atoms with Gasteiger partial charge in [-0.05, 0) is 55.4 Å². The fourth-order valence-electron chi connectivity index (χ4n) is 2.89. The van der Waals surface area contributed by atoms with Crippen LogP contribution in [0.25, 0.3) is 0 Å². The summed E-state index contributed by atoms with van der Waals surface area (Å²) >= 11 is 1.87. The molecule has 1 fully saturated rings. The van der Waals surface area contributed by atoms with Crippen LogP contribution in [-0.4, -0.2) is 42.0 Å². The van der Waals surface area contributed by atoms with Gasteiger partial charge in [0.25, 0.3) is 5.91 Å². The molecule has 22 heavy (non-hydrogen) atoms. The van der Waals surface area contributed by atoms with Crippen molar-refractivity contribution in [2.45, 2.75) is 18.8 Å². The topological polar surface area (TPSA) is 45.2 Å². The van der Waals surface area contributed by atoms with Crippen LogP contribution in [0.1, 0.15) is 34.0 Å². The fraction of sp³-hybridized carbons (Fsp3) is 0.412. The van der Waals surface area contributed by atoms with E-state index in [0.29, 0.717) is 12.1 Å². The van der Waals surface area contributed by atoms with Gasteiger partial charge in [0.15, 0.2) is 0 Å². The van der Waals surface area contributed by atoms with Crippen molar-refractivity contribution >= 4 is 17.2 Å². The van der Waals surface area contributed by atoms with Crippen molar-refractivity contribution in [1.29, 1.82) is 0 Å². The van der Waals surface area contributed by atoms with Crippen molar-refractivity contribution in [3.05, 3.63) is 52.5 Å². The minimum Gasteiger partial charge on any atom is -0.351 e. The van der Waals surface area contributed by atoms with E-state index in [1.165, 1.54) is 17.7 Å². The normalized spacial score (nSPS) is 16.5. The Kier molecular flexibility index (Phi) is 5.19. The summed E-state index contributed by atoms with van der Waals surface area (Å²) < 4.78 is 0. The monoisotopic (exact) mass is 315 g/mol. The largest absolute Gasteiger partial charge is 0.351 e. The van der Waals surface area contributed by atoms with Gasteiger partial charge < -0.3 is 10.2 Å². The van der Waals surface area contributed by atoms with Crippen LogP contribution in [0.2, 0.25) is 0 Å². The highest BCUT2D eigenvalue weighted by atomic mass is 32.1. The lowest BCUT2D eigenvalue weighted by Crippen LogP contribution is -2.39. The van der Waals surface area contributed by atoms with Gasteiger partial charge in [0.2, 0.25) is 0 Å². The average molecular weight is 315 g/mol. The first-order valence-corrected chi connectivity index (χ1v) is 8.65. The van der Waals surface area contributed by atoms with Crippen LogP contribution in [0, 0.1) is 0 Å². The molecule has 2 aromatic rings. The number of amides is 1. The molecular weight excluding hydrogens is 294 g/mol. The smallest absolute Gasteiger partial charge is 0.252 e. The number of carbonyl (C=O) groups excluding carboxylic acids is 1. The summed E-state index contributed by atoms with van der Waals surface area (Å²) in [7, 11) is 0. The highest BCUT2D eigenvalue weighted by Crippen LogP contribution is 2.30. The van der Waals surface area contributed by atoms with E-state index in [2.05, 4.69) is 32.7 Å². The number of rotatable bonds is 5. The molecule has 0 aromatic carbocycles. The highest BCUT2D eigenvalue weighted by molar-refractivity contribution is 7.10. The van der Waals surface area contributed by atoms with Gasteiger partial charge in [-0.15, -0.1) is 11.3 Å². The standard InChI is InChI=1S/C17H21N3OS/c21-17(15-3-1-7-18-13-15)19-8-11-20-9-5-14(6-10-20)16-4-2-12-22-16/h1-4,7,12-14H,5-6,8-11H2,(H,19,21). The van der Waals surface area contributed by atoms with E-state index in [0.717, 1.165) is 25.6 Å². The zero-order valence-electron chi connectivity index (χ0n) is 12.6. The first-order valence-electron chi connectivity index (χ1n) is 7.77. The number of hydrogen-bond donors (Lipinski definition) is 1. The van der Waals surface area contributed by atoms with Crippen molar-refractivity contribution in [1.82, 2.24) is 15.2 Å². The predicted octanol–water partition coefficient (Wildman–Crippen LogP) is 2.75. The molecule has 0 aliphatic carbocycles. The molecule has 1 amide bonds. The molecule has 116 valence electrons. The van der Waals surface area contributed by atoms with Gasteiger partial charge in [-0.2, -0.15) is 0 Å². The maximum atomic E-state index is 11.9. The molecule has 0 atom stereocenters. The Morgan fingerprint density at radius 3 is 2.86 bits per heavy atom. The van der Waals surface area contributed by atoms with Crippen molar-refractivity contribution in [3.63, 3.8) is 0 Å². The zero-order chi connectivity index (χ0) is 15.2. The molecule has 3 rings (SSSR count). The van der Waals surface area contributed by atoms with Crippen LogP contribution in [0.3, 0.4) is 0 Å². The Hall–Kier alpha value is -1.72. The predicted molar refractivity (Wildman–Crippen MR) is 89.3 cm³/mol. The van der Waals surface area contributed by atoms with Gasteiger partial charge in [0, 0.05) is 30.4 Å². The third kappa shape index (κ3) is 3.93. The van der Waals surface area contributed by atoms with Gasteiger partial charge in [0.05, 0.1) is 5.56 Å². The van der Waals surface area contributed by atoms with E-state index in [1.54, 1.807) is 24.5 Å². The summed E-state index contributed by atoms with van der Waals surface area (Å²) in [5.74, 6) is 0.683. The maximum absolute atomic E-state index is 11.9. The molecule has 1 aliphatic heterocycles. The van der Waals surface area contributed by atoms with Crippen LogP contribution >= 0.6 is 11.3 Å². The molecule has 5 heteroatoms. The second-order valence-electron chi connectivity index (χ2n) is 5.63. The minimum absolute atomic E-state index is 0.0402. The zero-order valence-corrected chi connectivity index (χ0v) is 13.4. The molecule has 0 saturated carbocycles. The molecule has 4 nitrogen and oxygen atoms in total. The van der Waals surface area contributed by atoms with Crippen LogP contribution in [0.5, 0.6) is 0 Å². The summed E-state index contributed by atoms with van der Waals surface area (Å²) in [6.07, 6.45) is 5.71. The van der Waals surface area contributed by atoms with Crippen LogP contribution in [0.4, 0.5) is 0 Å². The maximum Gasteiger partial charge on any atom is 0.252 e. The van der Waals surface area contributed by atoms with Crippen molar-refractivity contribution in [3.8, 4) is 0 Å². The molecule has 2 aromatic heterocycles. The van der Waals surface area contributed by atoms with E-state index < -0.39 is 0 Å². The van der Waals surface area contributed by atoms with Gasteiger partial charge in [-0.25, -0.2) is 0 Å². The van der Waals surface area contributed by atoms with E-state index in [1.807, 2.05) is 11.3 Å². The minimum atomic E-state index is -0.0402. The Morgan fingerprint density at radius 1 is 1.32 bits per heavy atom. The van der Waals surface area contributed by atoms with Crippen LogP contribution < -0.4 is 5.32 Å². The summed E-state index contributed by atoms with van der Waals surface area (Å²) in [5, 5.41) is 5.13. The number of hydrogen-bond acceptors (Lipinski definition) is 4. The van der Waals surface area contributed by atoms with E-state index in [4.69, 9.17) is 0 Å². The number of pyridine rings is 1. The molecule has 0 spiro atoms. The van der Waals surface area contributed by atoms with Gasteiger partial charge >= 0.3 is 0 Å². The Morgan fingerprint density at radius 2 is 2.18 bits per heavy atom. The van der Waals surface area contributed by atoms with E-state index in [9.17, 15) is 4.79 Å². The van der Waals surface area contributed by atoms with Crippen molar-refractivity contribution in [2.24, 2.45) is 0 Å². The van der Waals surface area contributed by atoms with Crippen molar-refractivity contribution in [2.75, 3.05) is 26.2 Å². The molecule has 1 aliphatic rings. The lowest BCUT2D eigenvalue weighted by molar-refractivity contribution is 0.0945. The third-order valence-corrected chi connectivity index (χ3v) is 5.21. The first-order chi connectivity index (χ1) is 10.8. The number of aromatic nitrogens is 1. The molecule has 1 saturated heterocycles. The summed E-state index contributed by atoms with van der Waals surface area (Å²) in [4.78, 5) is 19.8. The molecule has 3 heterocycles. The van der Waals surface area contributed by atoms with Crippen molar-refractivity contribution < 1.29 is 4.79 Å². The summed E-state index contributed by atoms with van der Waals surface area (Å²) in [5.41, 5.74) is 0.624. The average Bonchev–Trinajstić information content (AvgIpc) is 3.11. The number of likely N-dealkylation sites (tertiary alicyclic amines) is 1. The summed E-state index contributed by atoms with van der Waals surface area (Å²) in [6.45, 7) is 3.84. The lowest BCUT2D eigenvalue weighted by Gasteiger charge is -2.31. The van der Waals surface area contributed by atoms with Crippen LogP contribution in [-0.2, 0) is 0 Å². The number of nitrogens with one attached hydrogen (secondary N) is 1. The van der Waals surface area contributed by atoms with E-state index in [-0.39, 0.29) is 5.91 Å². The van der Waals surface area contributed by atoms with Crippen LogP contribution in [0.15, 0.2) is 42.0 Å². The van der Waals surface area contributed by atoms with Gasteiger partial charge in [-0.1, -0.05) is 6.07 Å². The Balaban J connectivity index is 1.38. The number of carbonyl (C=O) groups is 1. The Bertz CT molecular complexity index is 577. The third-order valence-electron chi connectivity index (χ3n) is 4.17. The summed E-state index contributed by atoms with van der Waals surface area (Å²) in [6, 6.07) is 7.96. The number of nitrogens with zero attached hydrogens (tertiary/aromatic N) is 2. The molecule has 0 radical (unpaired) electrons. The number of thiophene rings is 1. The second kappa shape index (κ2) is 7.51. The number of piperidine rings is 1.